The van der Waals surface area contributed by atoms with Crippen LogP contribution in [0.3, 0.4) is 0 Å². The van der Waals surface area contributed by atoms with Crippen molar-refractivity contribution in [1.82, 2.24) is 4.90 Å². The molecule has 5 heteroatoms. The molecule has 1 fully saturated rings. The third-order valence-electron chi connectivity index (χ3n) is 2.73. The van der Waals surface area contributed by atoms with Gasteiger partial charge in [0.25, 0.3) is 5.91 Å². The maximum absolute atomic E-state index is 13.6. The van der Waals surface area contributed by atoms with Gasteiger partial charge in [0, 0.05) is 17.4 Å². The highest BCUT2D eigenvalue weighted by atomic mass is 79.9. The van der Waals surface area contributed by atoms with Crippen molar-refractivity contribution in [2.24, 2.45) is 5.92 Å². The summed E-state index contributed by atoms with van der Waals surface area (Å²) in [6, 6.07) is 4.19. The Hall–Kier alpha value is -1.23. The van der Waals surface area contributed by atoms with Gasteiger partial charge < -0.3 is 0 Å². The van der Waals surface area contributed by atoms with Crippen LogP contribution in [0.15, 0.2) is 22.7 Å². The second-order valence-electron chi connectivity index (χ2n) is 4.24. The Morgan fingerprint density at radius 3 is 2.76 bits per heavy atom. The van der Waals surface area contributed by atoms with Gasteiger partial charge in [-0.15, -0.1) is 0 Å². The van der Waals surface area contributed by atoms with Crippen LogP contribution in [0.4, 0.5) is 4.39 Å². The monoisotopic (exact) mass is 299 g/mol. The van der Waals surface area contributed by atoms with Gasteiger partial charge >= 0.3 is 0 Å². The van der Waals surface area contributed by atoms with E-state index in [1.54, 1.807) is 6.07 Å². The van der Waals surface area contributed by atoms with Crippen LogP contribution >= 0.6 is 15.9 Å². The summed E-state index contributed by atoms with van der Waals surface area (Å²) in [4.78, 5) is 24.7. The van der Waals surface area contributed by atoms with E-state index in [4.69, 9.17) is 0 Å². The summed E-state index contributed by atoms with van der Waals surface area (Å²) in [5.74, 6) is -1.25. The number of halogens is 2. The molecule has 1 saturated heterocycles. The van der Waals surface area contributed by atoms with Crippen LogP contribution in [-0.2, 0) is 4.79 Å². The molecule has 1 aromatic carbocycles. The average molecular weight is 300 g/mol. The molecule has 1 aliphatic rings. The predicted molar refractivity (Wildman–Crippen MR) is 63.9 cm³/mol. The smallest absolute Gasteiger partial charge is 0.263 e. The van der Waals surface area contributed by atoms with Gasteiger partial charge in [-0.1, -0.05) is 22.9 Å². The lowest BCUT2D eigenvalue weighted by molar-refractivity contribution is -0.125. The quantitative estimate of drug-likeness (QED) is 0.748. The third kappa shape index (κ3) is 2.39. The van der Waals surface area contributed by atoms with Gasteiger partial charge in [0.1, 0.15) is 5.82 Å². The van der Waals surface area contributed by atoms with Gasteiger partial charge in [-0.05, 0) is 24.1 Å². The number of carbonyl (C=O) groups excluding carboxylic acids is 2. The maximum Gasteiger partial charge on any atom is 0.263 e. The molecule has 1 aliphatic heterocycles. The number of amides is 2. The number of carbonyl (C=O) groups is 2. The SMILES string of the molecule is CC1CC(=O)N(C(=O)c2ccc(Br)cc2F)C1. The summed E-state index contributed by atoms with van der Waals surface area (Å²) in [5.41, 5.74) is -0.0596. The van der Waals surface area contributed by atoms with Crippen molar-refractivity contribution >= 4 is 27.7 Å². The van der Waals surface area contributed by atoms with E-state index in [1.165, 1.54) is 12.1 Å². The van der Waals surface area contributed by atoms with Crippen LogP contribution in [-0.4, -0.2) is 23.3 Å². The lowest BCUT2D eigenvalue weighted by Gasteiger charge is -2.14. The standard InChI is InChI=1S/C12H11BrFNO2/c1-7-4-11(16)15(6-7)12(17)9-3-2-8(13)5-10(9)14/h2-3,5,7H,4,6H2,1H3. The number of likely N-dealkylation sites (tertiary alicyclic amines) is 1. The van der Waals surface area contributed by atoms with Gasteiger partial charge in [-0.3, -0.25) is 14.5 Å². The van der Waals surface area contributed by atoms with Gasteiger partial charge in [0.15, 0.2) is 0 Å². The van der Waals surface area contributed by atoms with Crippen molar-refractivity contribution in [2.45, 2.75) is 13.3 Å². The molecule has 3 nitrogen and oxygen atoms in total. The molecule has 1 heterocycles. The van der Waals surface area contributed by atoms with Crippen molar-refractivity contribution in [1.29, 1.82) is 0 Å². The Bertz CT molecular complexity index is 489. The van der Waals surface area contributed by atoms with Crippen LogP contribution in [0.2, 0.25) is 0 Å². The van der Waals surface area contributed by atoms with E-state index in [0.717, 1.165) is 4.90 Å². The molecule has 1 atom stereocenters. The van der Waals surface area contributed by atoms with Gasteiger partial charge in [0.2, 0.25) is 5.91 Å². The van der Waals surface area contributed by atoms with E-state index >= 15 is 0 Å². The first kappa shape index (κ1) is 12.2. The molecule has 0 saturated carbocycles. The first-order chi connectivity index (χ1) is 7.99. The summed E-state index contributed by atoms with van der Waals surface area (Å²) in [6.45, 7) is 2.26. The van der Waals surface area contributed by atoms with E-state index in [1.807, 2.05) is 6.92 Å². The minimum atomic E-state index is -0.614. The summed E-state index contributed by atoms with van der Waals surface area (Å²) in [7, 11) is 0. The zero-order valence-corrected chi connectivity index (χ0v) is 10.8. The zero-order valence-electron chi connectivity index (χ0n) is 9.24. The minimum absolute atomic E-state index is 0.0596. The largest absolute Gasteiger partial charge is 0.278 e. The van der Waals surface area contributed by atoms with Crippen LogP contribution in [0.25, 0.3) is 0 Å². The molecular formula is C12H11BrFNO2. The number of hydrogen-bond acceptors (Lipinski definition) is 2. The van der Waals surface area contributed by atoms with E-state index in [0.29, 0.717) is 17.4 Å². The maximum atomic E-state index is 13.6. The summed E-state index contributed by atoms with van der Waals surface area (Å²) >= 11 is 3.12. The molecular weight excluding hydrogens is 289 g/mol. The molecule has 0 bridgehead atoms. The summed E-state index contributed by atoms with van der Waals surface area (Å²) < 4.78 is 14.2. The van der Waals surface area contributed by atoms with Gasteiger partial charge in [-0.2, -0.15) is 0 Å². The summed E-state index contributed by atoms with van der Waals surface area (Å²) in [6.07, 6.45) is 0.351. The van der Waals surface area contributed by atoms with E-state index < -0.39 is 11.7 Å². The Kier molecular flexibility index (Phi) is 3.28. The second-order valence-corrected chi connectivity index (χ2v) is 5.16. The molecule has 0 radical (unpaired) electrons. The molecule has 17 heavy (non-hydrogen) atoms. The lowest BCUT2D eigenvalue weighted by Crippen LogP contribution is -2.32. The van der Waals surface area contributed by atoms with Crippen molar-refractivity contribution in [3.8, 4) is 0 Å². The topological polar surface area (TPSA) is 37.4 Å². The Morgan fingerprint density at radius 1 is 1.53 bits per heavy atom. The zero-order chi connectivity index (χ0) is 12.6. The molecule has 0 aliphatic carbocycles. The number of nitrogens with zero attached hydrogens (tertiary/aromatic N) is 1. The first-order valence-electron chi connectivity index (χ1n) is 5.29. The average Bonchev–Trinajstić information content (AvgIpc) is 2.57. The highest BCUT2D eigenvalue weighted by Crippen LogP contribution is 2.22. The fourth-order valence-corrected chi connectivity index (χ4v) is 2.22. The Balaban J connectivity index is 2.28. The highest BCUT2D eigenvalue weighted by Gasteiger charge is 2.32. The highest BCUT2D eigenvalue weighted by molar-refractivity contribution is 9.10. The van der Waals surface area contributed by atoms with Crippen molar-refractivity contribution in [2.75, 3.05) is 6.54 Å². The lowest BCUT2D eigenvalue weighted by atomic mass is 10.1. The predicted octanol–water partition coefficient (Wildman–Crippen LogP) is 2.60. The Labute approximate surface area is 107 Å². The fourth-order valence-electron chi connectivity index (χ4n) is 1.89. The molecule has 1 aromatic rings. The molecule has 0 N–H and O–H groups in total. The van der Waals surface area contributed by atoms with Gasteiger partial charge in [-0.25, -0.2) is 4.39 Å². The third-order valence-corrected chi connectivity index (χ3v) is 3.22. The van der Waals surface area contributed by atoms with Gasteiger partial charge in [0.05, 0.1) is 5.56 Å². The van der Waals surface area contributed by atoms with E-state index in [9.17, 15) is 14.0 Å². The van der Waals surface area contributed by atoms with Crippen LogP contribution in [0.5, 0.6) is 0 Å². The summed E-state index contributed by atoms with van der Waals surface area (Å²) in [5, 5.41) is 0. The van der Waals surface area contributed by atoms with Crippen molar-refractivity contribution in [3.63, 3.8) is 0 Å². The molecule has 2 amide bonds. The molecule has 90 valence electrons. The molecule has 1 unspecified atom stereocenters. The molecule has 0 aromatic heterocycles. The van der Waals surface area contributed by atoms with E-state index in [2.05, 4.69) is 15.9 Å². The van der Waals surface area contributed by atoms with Crippen LogP contribution < -0.4 is 0 Å². The minimum Gasteiger partial charge on any atom is -0.278 e. The fraction of sp³-hybridized carbons (Fsp3) is 0.333. The van der Waals surface area contributed by atoms with Crippen molar-refractivity contribution < 1.29 is 14.0 Å². The van der Waals surface area contributed by atoms with Crippen LogP contribution in [0, 0.1) is 11.7 Å². The van der Waals surface area contributed by atoms with E-state index in [-0.39, 0.29) is 17.4 Å². The first-order valence-corrected chi connectivity index (χ1v) is 6.08. The second kappa shape index (κ2) is 4.56. The molecule has 2 rings (SSSR count). The normalized spacial score (nSPS) is 19.8. The van der Waals surface area contributed by atoms with Crippen LogP contribution in [0.1, 0.15) is 23.7 Å². The number of rotatable bonds is 1. The molecule has 0 spiro atoms. The number of imide groups is 1. The number of hydrogen-bond donors (Lipinski definition) is 0. The Morgan fingerprint density at radius 2 is 2.24 bits per heavy atom. The van der Waals surface area contributed by atoms with Crippen molar-refractivity contribution in [3.05, 3.63) is 34.1 Å². The number of benzene rings is 1.